The highest BCUT2D eigenvalue weighted by atomic mass is 32.1. The first-order chi connectivity index (χ1) is 5.45. The number of nitrogens with zero attached hydrogens (tertiary/aromatic N) is 1. The summed E-state index contributed by atoms with van der Waals surface area (Å²) in [6, 6.07) is 0. The van der Waals surface area contributed by atoms with Crippen molar-refractivity contribution in [3.05, 3.63) is 9.88 Å². The van der Waals surface area contributed by atoms with Gasteiger partial charge in [0.15, 0.2) is 0 Å². The van der Waals surface area contributed by atoms with Gasteiger partial charge < -0.3 is 4.74 Å². The summed E-state index contributed by atoms with van der Waals surface area (Å²) in [4.78, 5) is 5.52. The number of rotatable bonds is 1. The molecule has 0 aliphatic rings. The molecule has 0 amide bonds. The van der Waals surface area contributed by atoms with E-state index in [0.29, 0.717) is 0 Å². The molecule has 2 nitrogen and oxygen atoms in total. The van der Waals surface area contributed by atoms with Gasteiger partial charge in [0.25, 0.3) is 0 Å². The average molecular weight is 185 g/mol. The highest BCUT2D eigenvalue weighted by Gasteiger charge is 2.22. The van der Waals surface area contributed by atoms with E-state index < -0.39 is 0 Å². The molecular formula is C9H15NOS. The van der Waals surface area contributed by atoms with Crippen LogP contribution in [-0.4, -0.2) is 12.1 Å². The van der Waals surface area contributed by atoms with E-state index in [9.17, 15) is 0 Å². The Morgan fingerprint density at radius 2 is 1.92 bits per heavy atom. The fraction of sp³-hybridized carbons (Fsp3) is 0.667. The Morgan fingerprint density at radius 1 is 1.33 bits per heavy atom. The maximum Gasteiger partial charge on any atom is 0.228 e. The molecule has 0 saturated carbocycles. The topological polar surface area (TPSA) is 22.1 Å². The number of aromatic nitrogens is 1. The van der Waals surface area contributed by atoms with Crippen LogP contribution >= 0.6 is 11.3 Å². The lowest BCUT2D eigenvalue weighted by Crippen LogP contribution is -2.10. The van der Waals surface area contributed by atoms with Crippen LogP contribution in [0.4, 0.5) is 0 Å². The number of hydrogen-bond acceptors (Lipinski definition) is 3. The van der Waals surface area contributed by atoms with Crippen molar-refractivity contribution in [2.45, 2.75) is 33.1 Å². The molecule has 1 aromatic rings. The Kier molecular flexibility index (Phi) is 2.42. The number of aryl methyl sites for hydroxylation is 1. The van der Waals surface area contributed by atoms with Crippen LogP contribution in [-0.2, 0) is 5.41 Å². The molecule has 0 radical (unpaired) electrons. The first-order valence-corrected chi connectivity index (χ1v) is 4.78. The van der Waals surface area contributed by atoms with Gasteiger partial charge in [-0.05, 0) is 6.92 Å². The van der Waals surface area contributed by atoms with Gasteiger partial charge in [-0.3, -0.25) is 0 Å². The number of ether oxygens (including phenoxy) is 1. The molecular weight excluding hydrogens is 170 g/mol. The predicted octanol–water partition coefficient (Wildman–Crippen LogP) is 2.76. The quantitative estimate of drug-likeness (QED) is 0.671. The minimum absolute atomic E-state index is 0.136. The Labute approximate surface area is 77.6 Å². The molecule has 0 aromatic carbocycles. The van der Waals surface area contributed by atoms with Gasteiger partial charge in [-0.1, -0.05) is 20.8 Å². The third kappa shape index (κ3) is 1.78. The van der Waals surface area contributed by atoms with Crippen LogP contribution in [0.1, 0.15) is 30.7 Å². The smallest absolute Gasteiger partial charge is 0.228 e. The second-order valence-electron chi connectivity index (χ2n) is 3.82. The molecule has 68 valence electrons. The summed E-state index contributed by atoms with van der Waals surface area (Å²) in [5.41, 5.74) is 0.136. The van der Waals surface area contributed by atoms with Gasteiger partial charge in [0, 0.05) is 5.41 Å². The maximum absolute atomic E-state index is 5.19. The molecule has 1 heterocycles. The summed E-state index contributed by atoms with van der Waals surface area (Å²) in [6.45, 7) is 8.51. The van der Waals surface area contributed by atoms with E-state index in [2.05, 4.69) is 25.8 Å². The van der Waals surface area contributed by atoms with E-state index in [1.54, 1.807) is 18.4 Å². The molecule has 0 N–H and O–H groups in total. The first kappa shape index (κ1) is 9.52. The van der Waals surface area contributed by atoms with Crippen LogP contribution in [0.3, 0.4) is 0 Å². The standard InChI is InChI=1S/C9H15NOS/c1-6-10-8(11-5)7(12-6)9(2,3)4/h1-5H3. The van der Waals surface area contributed by atoms with Gasteiger partial charge in [-0.25, -0.2) is 4.98 Å². The highest BCUT2D eigenvalue weighted by molar-refractivity contribution is 7.12. The Morgan fingerprint density at radius 3 is 2.25 bits per heavy atom. The molecule has 0 spiro atoms. The van der Waals surface area contributed by atoms with Crippen LogP contribution in [0.15, 0.2) is 0 Å². The fourth-order valence-corrected chi connectivity index (χ4v) is 1.97. The summed E-state index contributed by atoms with van der Waals surface area (Å²) in [5.74, 6) is 0.782. The predicted molar refractivity (Wildman–Crippen MR) is 52.1 cm³/mol. The van der Waals surface area contributed by atoms with E-state index in [4.69, 9.17) is 4.74 Å². The van der Waals surface area contributed by atoms with Crippen LogP contribution in [0.2, 0.25) is 0 Å². The van der Waals surface area contributed by atoms with Crippen LogP contribution < -0.4 is 4.74 Å². The Balaban J connectivity index is 3.13. The Bertz CT molecular complexity index is 273. The van der Waals surface area contributed by atoms with Crippen molar-refractivity contribution in [1.29, 1.82) is 0 Å². The maximum atomic E-state index is 5.19. The van der Waals surface area contributed by atoms with Gasteiger partial charge in [-0.2, -0.15) is 0 Å². The second kappa shape index (κ2) is 3.05. The van der Waals surface area contributed by atoms with Crippen molar-refractivity contribution >= 4 is 11.3 Å². The number of thiazole rings is 1. The van der Waals surface area contributed by atoms with Crippen LogP contribution in [0.25, 0.3) is 0 Å². The minimum atomic E-state index is 0.136. The summed E-state index contributed by atoms with van der Waals surface area (Å²) >= 11 is 1.71. The van der Waals surface area contributed by atoms with Crippen molar-refractivity contribution in [2.24, 2.45) is 0 Å². The number of methoxy groups -OCH3 is 1. The van der Waals surface area contributed by atoms with Crippen molar-refractivity contribution in [1.82, 2.24) is 4.98 Å². The van der Waals surface area contributed by atoms with Crippen molar-refractivity contribution in [3.63, 3.8) is 0 Å². The summed E-state index contributed by atoms with van der Waals surface area (Å²) in [5, 5.41) is 1.07. The molecule has 1 rings (SSSR count). The summed E-state index contributed by atoms with van der Waals surface area (Å²) in [7, 11) is 1.67. The zero-order valence-electron chi connectivity index (χ0n) is 8.26. The van der Waals surface area contributed by atoms with Crippen molar-refractivity contribution in [3.8, 4) is 5.88 Å². The highest BCUT2D eigenvalue weighted by Crippen LogP contribution is 2.35. The van der Waals surface area contributed by atoms with Gasteiger partial charge in [0.05, 0.1) is 17.0 Å². The average Bonchev–Trinajstić information content (AvgIpc) is 2.29. The van der Waals surface area contributed by atoms with E-state index in [1.165, 1.54) is 4.88 Å². The lowest BCUT2D eigenvalue weighted by Gasteiger charge is -2.16. The van der Waals surface area contributed by atoms with Crippen molar-refractivity contribution < 1.29 is 4.74 Å². The molecule has 0 aliphatic heterocycles. The number of hydrogen-bond donors (Lipinski definition) is 0. The lowest BCUT2D eigenvalue weighted by molar-refractivity contribution is 0.386. The Hall–Kier alpha value is -0.570. The van der Waals surface area contributed by atoms with Crippen molar-refractivity contribution in [2.75, 3.05) is 7.11 Å². The third-order valence-electron chi connectivity index (χ3n) is 1.58. The van der Waals surface area contributed by atoms with E-state index in [-0.39, 0.29) is 5.41 Å². The van der Waals surface area contributed by atoms with Gasteiger partial charge in [-0.15, -0.1) is 11.3 Å². The minimum Gasteiger partial charge on any atom is -0.480 e. The normalized spacial score (nSPS) is 11.8. The second-order valence-corrected chi connectivity index (χ2v) is 5.02. The fourth-order valence-electron chi connectivity index (χ4n) is 1.02. The monoisotopic (exact) mass is 185 g/mol. The molecule has 3 heteroatoms. The van der Waals surface area contributed by atoms with Crippen LogP contribution in [0.5, 0.6) is 5.88 Å². The zero-order valence-corrected chi connectivity index (χ0v) is 9.08. The largest absolute Gasteiger partial charge is 0.480 e. The molecule has 0 aliphatic carbocycles. The SMILES string of the molecule is COc1nc(C)sc1C(C)(C)C. The molecule has 0 bridgehead atoms. The van der Waals surface area contributed by atoms with Crippen LogP contribution in [0, 0.1) is 6.92 Å². The third-order valence-corrected chi connectivity index (χ3v) is 2.96. The zero-order chi connectivity index (χ0) is 9.35. The molecule has 0 atom stereocenters. The van der Waals surface area contributed by atoms with E-state index in [1.807, 2.05) is 6.92 Å². The molecule has 0 fully saturated rings. The lowest BCUT2D eigenvalue weighted by atomic mass is 9.95. The van der Waals surface area contributed by atoms with Gasteiger partial charge >= 0.3 is 0 Å². The van der Waals surface area contributed by atoms with E-state index >= 15 is 0 Å². The van der Waals surface area contributed by atoms with Gasteiger partial charge in [0.2, 0.25) is 5.88 Å². The van der Waals surface area contributed by atoms with Gasteiger partial charge in [0.1, 0.15) is 0 Å². The molecule has 12 heavy (non-hydrogen) atoms. The molecule has 0 saturated heterocycles. The molecule has 1 aromatic heterocycles. The first-order valence-electron chi connectivity index (χ1n) is 3.97. The molecule has 0 unspecified atom stereocenters. The summed E-state index contributed by atoms with van der Waals surface area (Å²) in [6.07, 6.45) is 0. The van der Waals surface area contributed by atoms with E-state index in [0.717, 1.165) is 10.9 Å². The summed E-state index contributed by atoms with van der Waals surface area (Å²) < 4.78 is 5.19.